The topological polar surface area (TPSA) is 58.1 Å². The number of hydrogen-bond donors (Lipinski definition) is 1. The van der Waals surface area contributed by atoms with Gasteiger partial charge >= 0.3 is 0 Å². The van der Waals surface area contributed by atoms with E-state index in [9.17, 15) is 13.6 Å². The first-order valence-corrected chi connectivity index (χ1v) is 7.40. The molecule has 120 valence electrons. The number of para-hydroxylation sites is 1. The molecule has 1 aromatic heterocycles. The zero-order valence-corrected chi connectivity index (χ0v) is 12.6. The van der Waals surface area contributed by atoms with Gasteiger partial charge in [0, 0.05) is 18.8 Å². The summed E-state index contributed by atoms with van der Waals surface area (Å²) in [5, 5.41) is 2.24. The molecule has 1 aliphatic rings. The minimum absolute atomic E-state index is 0.0852. The SMILES string of the molecule is Cc1cc(C(=O)Nc2c(F)cccc2F)nc(N2CCCC2)n1. The summed E-state index contributed by atoms with van der Waals surface area (Å²) in [4.78, 5) is 22.8. The maximum atomic E-state index is 13.6. The smallest absolute Gasteiger partial charge is 0.274 e. The molecule has 0 aliphatic carbocycles. The molecule has 1 fully saturated rings. The van der Waals surface area contributed by atoms with Crippen LogP contribution in [0.4, 0.5) is 20.4 Å². The first-order valence-electron chi connectivity index (χ1n) is 7.40. The second-order valence-corrected chi connectivity index (χ2v) is 5.44. The Morgan fingerprint density at radius 1 is 1.17 bits per heavy atom. The highest BCUT2D eigenvalue weighted by Crippen LogP contribution is 2.20. The van der Waals surface area contributed by atoms with Gasteiger partial charge in [-0.15, -0.1) is 0 Å². The van der Waals surface area contributed by atoms with Crippen LogP contribution < -0.4 is 10.2 Å². The van der Waals surface area contributed by atoms with Crippen molar-refractivity contribution in [3.8, 4) is 0 Å². The fourth-order valence-corrected chi connectivity index (χ4v) is 2.52. The summed E-state index contributed by atoms with van der Waals surface area (Å²) in [5.74, 6) is -1.85. The molecule has 1 aromatic carbocycles. The zero-order valence-electron chi connectivity index (χ0n) is 12.6. The highest BCUT2D eigenvalue weighted by atomic mass is 19.1. The molecule has 1 aliphatic heterocycles. The highest BCUT2D eigenvalue weighted by Gasteiger charge is 2.19. The number of nitrogens with zero attached hydrogens (tertiary/aromatic N) is 3. The van der Waals surface area contributed by atoms with E-state index in [1.165, 1.54) is 12.1 Å². The molecule has 5 nitrogen and oxygen atoms in total. The van der Waals surface area contributed by atoms with Gasteiger partial charge in [-0.25, -0.2) is 18.7 Å². The van der Waals surface area contributed by atoms with Crippen molar-refractivity contribution in [1.29, 1.82) is 0 Å². The van der Waals surface area contributed by atoms with Crippen LogP contribution in [0.1, 0.15) is 29.0 Å². The lowest BCUT2D eigenvalue weighted by Gasteiger charge is -2.16. The Kier molecular flexibility index (Phi) is 4.18. The molecular formula is C16H16F2N4O. The number of halogens is 2. The van der Waals surface area contributed by atoms with Crippen molar-refractivity contribution in [1.82, 2.24) is 9.97 Å². The van der Waals surface area contributed by atoms with Gasteiger partial charge in [-0.3, -0.25) is 4.79 Å². The van der Waals surface area contributed by atoms with E-state index in [0.717, 1.165) is 38.1 Å². The number of aryl methyl sites for hydroxylation is 1. The largest absolute Gasteiger partial charge is 0.341 e. The van der Waals surface area contributed by atoms with Crippen LogP contribution in [0.3, 0.4) is 0 Å². The third kappa shape index (κ3) is 3.28. The molecule has 1 amide bonds. The molecule has 23 heavy (non-hydrogen) atoms. The second-order valence-electron chi connectivity index (χ2n) is 5.44. The van der Waals surface area contributed by atoms with E-state index in [2.05, 4.69) is 15.3 Å². The first-order chi connectivity index (χ1) is 11.0. The van der Waals surface area contributed by atoms with E-state index in [1.807, 2.05) is 4.90 Å². The molecular weight excluding hydrogens is 302 g/mol. The van der Waals surface area contributed by atoms with Crippen LogP contribution in [0.2, 0.25) is 0 Å². The van der Waals surface area contributed by atoms with E-state index >= 15 is 0 Å². The summed E-state index contributed by atoms with van der Waals surface area (Å²) in [6.45, 7) is 3.43. The van der Waals surface area contributed by atoms with Gasteiger partial charge in [0.25, 0.3) is 5.91 Å². The van der Waals surface area contributed by atoms with Crippen molar-refractivity contribution in [2.45, 2.75) is 19.8 Å². The van der Waals surface area contributed by atoms with Crippen LogP contribution in [0.25, 0.3) is 0 Å². The molecule has 0 spiro atoms. The van der Waals surface area contributed by atoms with E-state index in [1.54, 1.807) is 6.92 Å². The van der Waals surface area contributed by atoms with Crippen LogP contribution in [-0.2, 0) is 0 Å². The standard InChI is InChI=1S/C16H16F2N4O/c1-10-9-13(20-16(19-10)22-7-2-3-8-22)15(23)21-14-11(17)5-4-6-12(14)18/h4-6,9H,2-3,7-8H2,1H3,(H,21,23). The Morgan fingerprint density at radius 2 is 1.83 bits per heavy atom. The van der Waals surface area contributed by atoms with Gasteiger partial charge in [-0.1, -0.05) is 6.07 Å². The third-order valence-corrected chi connectivity index (χ3v) is 3.67. The zero-order chi connectivity index (χ0) is 16.4. The van der Waals surface area contributed by atoms with Crippen molar-refractivity contribution in [3.05, 3.63) is 47.3 Å². The van der Waals surface area contributed by atoms with Crippen molar-refractivity contribution in [2.75, 3.05) is 23.3 Å². The molecule has 0 saturated carbocycles. The number of amides is 1. The Morgan fingerprint density at radius 3 is 2.48 bits per heavy atom. The Hall–Kier alpha value is -2.57. The van der Waals surface area contributed by atoms with Gasteiger partial charge in [0.15, 0.2) is 0 Å². The quantitative estimate of drug-likeness (QED) is 0.945. The Bertz CT molecular complexity index is 725. The number of hydrogen-bond acceptors (Lipinski definition) is 4. The van der Waals surface area contributed by atoms with Crippen molar-refractivity contribution < 1.29 is 13.6 Å². The minimum atomic E-state index is -0.830. The number of carbonyl (C=O) groups is 1. The molecule has 1 saturated heterocycles. The van der Waals surface area contributed by atoms with E-state index < -0.39 is 23.2 Å². The molecule has 0 radical (unpaired) electrons. The number of benzene rings is 1. The van der Waals surface area contributed by atoms with E-state index in [4.69, 9.17) is 0 Å². The maximum absolute atomic E-state index is 13.6. The monoisotopic (exact) mass is 318 g/mol. The number of nitrogens with one attached hydrogen (secondary N) is 1. The van der Waals surface area contributed by atoms with Gasteiger partial charge in [-0.2, -0.15) is 0 Å². The Labute approximate surface area is 132 Å². The number of rotatable bonds is 3. The summed E-state index contributed by atoms with van der Waals surface area (Å²) >= 11 is 0. The molecule has 2 heterocycles. The summed E-state index contributed by atoms with van der Waals surface area (Å²) in [6.07, 6.45) is 2.11. The number of carbonyl (C=O) groups excluding carboxylic acids is 1. The normalized spacial score (nSPS) is 14.1. The molecule has 2 aromatic rings. The fraction of sp³-hybridized carbons (Fsp3) is 0.312. The van der Waals surface area contributed by atoms with E-state index in [0.29, 0.717) is 11.6 Å². The van der Waals surface area contributed by atoms with Gasteiger partial charge in [0.05, 0.1) is 0 Å². The van der Waals surface area contributed by atoms with Crippen LogP contribution in [0.5, 0.6) is 0 Å². The maximum Gasteiger partial charge on any atom is 0.274 e. The molecule has 0 unspecified atom stereocenters. The average molecular weight is 318 g/mol. The van der Waals surface area contributed by atoms with Crippen LogP contribution >= 0.6 is 0 Å². The van der Waals surface area contributed by atoms with Crippen LogP contribution in [-0.4, -0.2) is 29.0 Å². The van der Waals surface area contributed by atoms with Gasteiger partial charge < -0.3 is 10.2 Å². The lowest BCUT2D eigenvalue weighted by atomic mass is 10.2. The van der Waals surface area contributed by atoms with Gasteiger partial charge in [-0.05, 0) is 38.0 Å². The Balaban J connectivity index is 1.87. The van der Waals surface area contributed by atoms with Gasteiger partial charge in [0.2, 0.25) is 5.95 Å². The van der Waals surface area contributed by atoms with Crippen molar-refractivity contribution >= 4 is 17.5 Å². The second kappa shape index (κ2) is 6.28. The molecule has 0 bridgehead atoms. The van der Waals surface area contributed by atoms with Crippen molar-refractivity contribution in [2.24, 2.45) is 0 Å². The highest BCUT2D eigenvalue weighted by molar-refractivity contribution is 6.03. The lowest BCUT2D eigenvalue weighted by Crippen LogP contribution is -2.23. The number of anilines is 2. The first kappa shape index (κ1) is 15.3. The third-order valence-electron chi connectivity index (χ3n) is 3.67. The molecule has 7 heteroatoms. The fourth-order valence-electron chi connectivity index (χ4n) is 2.52. The van der Waals surface area contributed by atoms with Crippen LogP contribution in [0, 0.1) is 18.6 Å². The predicted octanol–water partition coefficient (Wildman–Crippen LogP) is 2.92. The molecule has 1 N–H and O–H groups in total. The lowest BCUT2D eigenvalue weighted by molar-refractivity contribution is 0.102. The summed E-state index contributed by atoms with van der Waals surface area (Å²) in [5.41, 5.74) is 0.236. The minimum Gasteiger partial charge on any atom is -0.341 e. The summed E-state index contributed by atoms with van der Waals surface area (Å²) in [7, 11) is 0. The van der Waals surface area contributed by atoms with Crippen LogP contribution in [0.15, 0.2) is 24.3 Å². The molecule has 0 atom stereocenters. The summed E-state index contributed by atoms with van der Waals surface area (Å²) in [6, 6.07) is 4.90. The predicted molar refractivity (Wildman–Crippen MR) is 82.5 cm³/mol. The average Bonchev–Trinajstić information content (AvgIpc) is 3.04. The number of aromatic nitrogens is 2. The molecule has 3 rings (SSSR count). The van der Waals surface area contributed by atoms with Crippen molar-refractivity contribution in [3.63, 3.8) is 0 Å². The van der Waals surface area contributed by atoms with E-state index in [-0.39, 0.29) is 5.69 Å². The van der Waals surface area contributed by atoms with Gasteiger partial charge in [0.1, 0.15) is 23.0 Å². The summed E-state index contributed by atoms with van der Waals surface area (Å²) < 4.78 is 27.3.